The van der Waals surface area contributed by atoms with Crippen LogP contribution < -0.4 is 10.9 Å². The van der Waals surface area contributed by atoms with E-state index in [2.05, 4.69) is 52.1 Å². The third-order valence-electron chi connectivity index (χ3n) is 5.48. The van der Waals surface area contributed by atoms with Crippen molar-refractivity contribution in [1.82, 2.24) is 15.8 Å². The summed E-state index contributed by atoms with van der Waals surface area (Å²) in [6.07, 6.45) is 2.83. The van der Waals surface area contributed by atoms with E-state index in [1.807, 2.05) is 11.4 Å². The van der Waals surface area contributed by atoms with Crippen molar-refractivity contribution >= 4 is 17.2 Å². The second-order valence-corrected chi connectivity index (χ2v) is 8.10. The van der Waals surface area contributed by atoms with Crippen LogP contribution in [0.3, 0.4) is 0 Å². The van der Waals surface area contributed by atoms with Gasteiger partial charge in [-0.15, -0.1) is 11.3 Å². The summed E-state index contributed by atoms with van der Waals surface area (Å²) in [5.41, 5.74) is 8.22. The lowest BCUT2D eigenvalue weighted by molar-refractivity contribution is -0.132. The molecule has 2 aliphatic heterocycles. The lowest BCUT2D eigenvalue weighted by Gasteiger charge is -2.37. The predicted octanol–water partition coefficient (Wildman–Crippen LogP) is 2.79. The van der Waals surface area contributed by atoms with E-state index >= 15 is 0 Å². The summed E-state index contributed by atoms with van der Waals surface area (Å²) in [6.45, 7) is 2.72. The Kier molecular flexibility index (Phi) is 5.15. The monoisotopic (exact) mass is 355 g/mol. The minimum Gasteiger partial charge on any atom is -0.342 e. The lowest BCUT2D eigenvalue weighted by atomic mass is 9.81. The topological polar surface area (TPSA) is 44.4 Å². The fourth-order valence-electron chi connectivity index (χ4n) is 4.19. The molecule has 25 heavy (non-hydrogen) atoms. The van der Waals surface area contributed by atoms with E-state index in [-0.39, 0.29) is 5.91 Å². The van der Waals surface area contributed by atoms with Crippen LogP contribution in [0.1, 0.15) is 29.2 Å². The van der Waals surface area contributed by atoms with Gasteiger partial charge in [0.2, 0.25) is 5.91 Å². The summed E-state index contributed by atoms with van der Waals surface area (Å²) in [5, 5.41) is 2.04. The van der Waals surface area contributed by atoms with Crippen molar-refractivity contribution in [2.24, 2.45) is 5.92 Å². The molecule has 2 aromatic rings. The number of piperidine rings is 1. The molecule has 1 aromatic heterocycles. The van der Waals surface area contributed by atoms with Crippen molar-refractivity contribution in [1.29, 1.82) is 0 Å². The largest absolute Gasteiger partial charge is 0.342 e. The zero-order valence-electron chi connectivity index (χ0n) is 14.4. The van der Waals surface area contributed by atoms with Crippen LogP contribution in [-0.4, -0.2) is 36.5 Å². The van der Waals surface area contributed by atoms with Crippen LogP contribution in [-0.2, 0) is 11.2 Å². The molecule has 2 N–H and O–H groups in total. The summed E-state index contributed by atoms with van der Waals surface area (Å²) < 4.78 is 0. The van der Waals surface area contributed by atoms with Crippen molar-refractivity contribution in [3.63, 3.8) is 0 Å². The Balaban J connectivity index is 1.42. The van der Waals surface area contributed by atoms with Crippen molar-refractivity contribution in [2.75, 3.05) is 19.6 Å². The molecule has 3 heterocycles. The summed E-state index contributed by atoms with van der Waals surface area (Å²) in [4.78, 5) is 15.9. The first-order valence-corrected chi connectivity index (χ1v) is 10.0. The second-order valence-electron chi connectivity index (χ2n) is 7.07. The van der Waals surface area contributed by atoms with Gasteiger partial charge in [0.1, 0.15) is 0 Å². The van der Waals surface area contributed by atoms with Gasteiger partial charge in [0, 0.05) is 36.5 Å². The number of likely N-dealkylation sites (tertiary alicyclic amines) is 1. The van der Waals surface area contributed by atoms with E-state index in [1.165, 1.54) is 12.0 Å². The van der Waals surface area contributed by atoms with Crippen LogP contribution in [0.5, 0.6) is 0 Å². The normalized spacial score (nSPS) is 26.7. The molecule has 2 fully saturated rings. The minimum absolute atomic E-state index is 0.273. The van der Waals surface area contributed by atoms with E-state index in [0.717, 1.165) is 30.9 Å². The van der Waals surface area contributed by atoms with Gasteiger partial charge >= 0.3 is 0 Å². The van der Waals surface area contributed by atoms with Gasteiger partial charge in [-0.3, -0.25) is 15.6 Å². The quantitative estimate of drug-likeness (QED) is 0.886. The fourth-order valence-corrected chi connectivity index (χ4v) is 4.89. The highest BCUT2D eigenvalue weighted by Gasteiger charge is 2.37. The number of carbonyl (C=O) groups excluding carboxylic acids is 1. The molecule has 0 spiro atoms. The smallest absolute Gasteiger partial charge is 0.227 e. The predicted molar refractivity (Wildman–Crippen MR) is 101 cm³/mol. The molecule has 4 rings (SSSR count). The van der Waals surface area contributed by atoms with Crippen molar-refractivity contribution in [3.8, 4) is 0 Å². The molecule has 0 aliphatic carbocycles. The Morgan fingerprint density at radius 2 is 2.08 bits per heavy atom. The van der Waals surface area contributed by atoms with Crippen LogP contribution in [0.4, 0.5) is 0 Å². The molecule has 2 aliphatic rings. The Hall–Kier alpha value is -1.69. The van der Waals surface area contributed by atoms with Gasteiger partial charge in [-0.1, -0.05) is 36.4 Å². The van der Waals surface area contributed by atoms with Crippen molar-refractivity contribution in [2.45, 2.75) is 31.2 Å². The number of thiophene rings is 1. The van der Waals surface area contributed by atoms with E-state index in [1.54, 1.807) is 11.3 Å². The van der Waals surface area contributed by atoms with Crippen molar-refractivity contribution in [3.05, 3.63) is 58.3 Å². The molecule has 1 amide bonds. The fraction of sp³-hybridized carbons (Fsp3) is 0.450. The highest BCUT2D eigenvalue weighted by molar-refractivity contribution is 7.10. The molecule has 0 saturated carbocycles. The van der Waals surface area contributed by atoms with Gasteiger partial charge in [-0.2, -0.15) is 0 Å². The number of benzene rings is 1. The lowest BCUT2D eigenvalue weighted by Crippen LogP contribution is -2.48. The van der Waals surface area contributed by atoms with E-state index in [9.17, 15) is 4.79 Å². The van der Waals surface area contributed by atoms with Crippen LogP contribution in [0.2, 0.25) is 0 Å². The number of nitrogens with zero attached hydrogens (tertiary/aromatic N) is 1. The number of rotatable bonds is 4. The van der Waals surface area contributed by atoms with Gasteiger partial charge in [0.25, 0.3) is 0 Å². The SMILES string of the molecule is O=C(Cc1cccs1)N1CCCC(C2NNCC2c2ccccc2)C1. The maximum atomic E-state index is 12.7. The maximum absolute atomic E-state index is 12.7. The zero-order chi connectivity index (χ0) is 17.1. The Morgan fingerprint density at radius 1 is 1.20 bits per heavy atom. The number of hydrazine groups is 1. The number of carbonyl (C=O) groups is 1. The van der Waals surface area contributed by atoms with Crippen LogP contribution >= 0.6 is 11.3 Å². The average molecular weight is 356 g/mol. The molecule has 132 valence electrons. The molecule has 4 nitrogen and oxygen atoms in total. The molecule has 0 radical (unpaired) electrons. The minimum atomic E-state index is 0.273. The number of hydrogen-bond acceptors (Lipinski definition) is 4. The first-order chi connectivity index (χ1) is 12.3. The summed E-state index contributed by atoms with van der Waals surface area (Å²) in [6, 6.07) is 15.2. The number of nitrogens with one attached hydrogen (secondary N) is 2. The number of hydrogen-bond donors (Lipinski definition) is 2. The van der Waals surface area contributed by atoms with E-state index < -0.39 is 0 Å². The van der Waals surface area contributed by atoms with Gasteiger partial charge in [-0.05, 0) is 35.8 Å². The van der Waals surface area contributed by atoms with Gasteiger partial charge in [-0.25, -0.2) is 0 Å². The van der Waals surface area contributed by atoms with Gasteiger partial charge < -0.3 is 4.90 Å². The Labute approximate surface area is 153 Å². The highest BCUT2D eigenvalue weighted by atomic mass is 32.1. The summed E-state index contributed by atoms with van der Waals surface area (Å²) in [7, 11) is 0. The standard InChI is InChI=1S/C20H25N3OS/c24-19(12-17-9-5-11-25-17)23-10-4-8-16(14-23)20-18(13-21-22-20)15-6-2-1-3-7-15/h1-3,5-7,9,11,16,18,20-22H,4,8,10,12-14H2. The number of amides is 1. The molecule has 3 unspecified atom stereocenters. The molecule has 3 atom stereocenters. The summed E-state index contributed by atoms with van der Waals surface area (Å²) in [5.74, 6) is 1.24. The highest BCUT2D eigenvalue weighted by Crippen LogP contribution is 2.31. The average Bonchev–Trinajstić information content (AvgIpc) is 3.34. The Morgan fingerprint density at radius 3 is 2.88 bits per heavy atom. The molecular weight excluding hydrogens is 330 g/mol. The maximum Gasteiger partial charge on any atom is 0.227 e. The van der Waals surface area contributed by atoms with Gasteiger partial charge in [0.15, 0.2) is 0 Å². The first kappa shape index (κ1) is 16.8. The van der Waals surface area contributed by atoms with Crippen LogP contribution in [0, 0.1) is 5.92 Å². The first-order valence-electron chi connectivity index (χ1n) is 9.15. The second kappa shape index (κ2) is 7.68. The van der Waals surface area contributed by atoms with E-state index in [4.69, 9.17) is 0 Å². The third-order valence-corrected chi connectivity index (χ3v) is 6.35. The zero-order valence-corrected chi connectivity index (χ0v) is 15.2. The van der Waals surface area contributed by atoms with E-state index in [0.29, 0.717) is 24.3 Å². The molecule has 2 saturated heterocycles. The third kappa shape index (κ3) is 3.78. The molecule has 0 bridgehead atoms. The Bertz CT molecular complexity index is 688. The van der Waals surface area contributed by atoms with Crippen LogP contribution in [0.25, 0.3) is 0 Å². The molecular formula is C20H25N3OS. The van der Waals surface area contributed by atoms with Crippen LogP contribution in [0.15, 0.2) is 47.8 Å². The molecule has 5 heteroatoms. The summed E-state index contributed by atoms with van der Waals surface area (Å²) >= 11 is 1.67. The van der Waals surface area contributed by atoms with Gasteiger partial charge in [0.05, 0.1) is 6.42 Å². The van der Waals surface area contributed by atoms with Crippen molar-refractivity contribution < 1.29 is 4.79 Å². The molecule has 1 aromatic carbocycles.